The van der Waals surface area contributed by atoms with E-state index in [1.54, 1.807) is 6.08 Å². The van der Waals surface area contributed by atoms with E-state index in [1.807, 2.05) is 27.9 Å². The number of hydrogen-bond acceptors (Lipinski definition) is 5. The second-order valence-corrected chi connectivity index (χ2v) is 4.61. The van der Waals surface area contributed by atoms with Crippen LogP contribution in [0, 0.1) is 0 Å². The molecular weight excluding hydrogens is 338 g/mol. The monoisotopic (exact) mass is 367 g/mol. The van der Waals surface area contributed by atoms with E-state index < -0.39 is 0 Å². The number of ketones is 1. The third-order valence-electron chi connectivity index (χ3n) is 2.13. The third kappa shape index (κ3) is 27.9. The Kier molecular flexibility index (Phi) is 25.0. The van der Waals surface area contributed by atoms with Crippen LogP contribution in [0.15, 0.2) is 11.8 Å². The second-order valence-electron chi connectivity index (χ2n) is 4.61. The molecule has 6 nitrogen and oxygen atoms in total. The molecule has 0 bridgehead atoms. The minimum absolute atomic E-state index is 0. The molecule has 0 aliphatic rings. The van der Waals surface area contributed by atoms with E-state index in [-0.39, 0.29) is 31.9 Å². The summed E-state index contributed by atoms with van der Waals surface area (Å²) in [6.45, 7) is 9.41. The molecule has 22 heavy (non-hydrogen) atoms. The van der Waals surface area contributed by atoms with Crippen molar-refractivity contribution in [2.75, 3.05) is 60.2 Å². The van der Waals surface area contributed by atoms with Crippen molar-refractivity contribution < 1.29 is 38.9 Å². The van der Waals surface area contributed by atoms with E-state index in [4.69, 9.17) is 14.6 Å². The molecule has 0 aliphatic carbocycles. The number of carbonyl (C=O) groups excluding carboxylic acids is 1. The van der Waals surface area contributed by atoms with E-state index in [0.29, 0.717) is 19.8 Å². The molecule has 0 radical (unpaired) electrons. The van der Waals surface area contributed by atoms with Crippen molar-refractivity contribution in [3.8, 4) is 0 Å². The van der Waals surface area contributed by atoms with Gasteiger partial charge in [0, 0.05) is 6.61 Å². The van der Waals surface area contributed by atoms with Crippen LogP contribution in [0.4, 0.5) is 0 Å². The molecule has 0 aliphatic heterocycles. The number of likely N-dealkylation sites (N-methyl/N-ethyl adjacent to an activating group) is 1. The molecule has 0 unspecified atom stereocenters. The summed E-state index contributed by atoms with van der Waals surface area (Å²) in [5.74, 6) is 0.0566. The number of rotatable bonds is 11. The summed E-state index contributed by atoms with van der Waals surface area (Å²) in [6.07, 6.45) is 1.55. The first kappa shape index (κ1) is 26.6. The van der Waals surface area contributed by atoms with Gasteiger partial charge >= 0.3 is 19.5 Å². The quantitative estimate of drug-likeness (QED) is 0.339. The average molecular weight is 369 g/mol. The van der Waals surface area contributed by atoms with Gasteiger partial charge in [-0.15, -0.1) is 6.54 Å². The Bertz CT molecular complexity index is 268. The molecule has 0 heterocycles. The summed E-state index contributed by atoms with van der Waals surface area (Å²) >= 11 is 0. The Hall–Kier alpha value is -0.327. The second kappa shape index (κ2) is 20.7. The summed E-state index contributed by atoms with van der Waals surface area (Å²) in [4.78, 5) is 12.7. The molecule has 0 saturated carbocycles. The normalized spacial score (nSPS) is 10.6. The minimum atomic E-state index is 0. The van der Waals surface area contributed by atoms with E-state index >= 15 is 0 Å². The van der Waals surface area contributed by atoms with Crippen LogP contribution in [0.25, 0.3) is 5.32 Å². The molecule has 0 aromatic carbocycles. The van der Waals surface area contributed by atoms with Crippen molar-refractivity contribution in [1.29, 1.82) is 0 Å². The summed E-state index contributed by atoms with van der Waals surface area (Å²) in [7, 11) is 4.00. The van der Waals surface area contributed by atoms with Crippen LogP contribution in [0.1, 0.15) is 20.8 Å². The van der Waals surface area contributed by atoms with Crippen LogP contribution < -0.4 is 0 Å². The van der Waals surface area contributed by atoms with Gasteiger partial charge in [-0.2, -0.15) is 5.70 Å². The molecule has 0 aromatic rings. The van der Waals surface area contributed by atoms with Gasteiger partial charge in [0.2, 0.25) is 0 Å². The van der Waals surface area contributed by atoms with E-state index in [0.717, 1.165) is 25.4 Å². The number of nitrogens with zero attached hydrogens (tertiary/aromatic N) is 2. The van der Waals surface area contributed by atoms with E-state index in [1.165, 1.54) is 6.92 Å². The molecule has 126 valence electrons. The standard InChI is InChI=1S/C9H18N2O.C6H14O3.Zn/c1-8(7-9(2)12)10-5-6-11(3)4;1-2-8-5-6-9-4-3-7;/h7H,5-6H2,1-4H3,(H,10,12);7H,2-6H2,1H3;/q;;+2/p-1. The van der Waals surface area contributed by atoms with E-state index in [2.05, 4.69) is 10.2 Å². The van der Waals surface area contributed by atoms with Crippen LogP contribution in [0.5, 0.6) is 0 Å². The van der Waals surface area contributed by atoms with Crippen LogP contribution >= 0.6 is 0 Å². The fourth-order valence-electron chi connectivity index (χ4n) is 1.19. The smallest absolute Gasteiger partial charge is 0.687 e. The maximum Gasteiger partial charge on any atom is 2.00 e. The summed E-state index contributed by atoms with van der Waals surface area (Å²) in [6, 6.07) is 0. The Morgan fingerprint density at radius 3 is 2.23 bits per heavy atom. The van der Waals surface area contributed by atoms with Crippen molar-refractivity contribution in [3.05, 3.63) is 17.1 Å². The van der Waals surface area contributed by atoms with Gasteiger partial charge in [0.1, 0.15) is 0 Å². The maximum atomic E-state index is 10.6. The summed E-state index contributed by atoms with van der Waals surface area (Å²) < 4.78 is 9.88. The molecule has 0 atom stereocenters. The first-order chi connectivity index (χ1) is 9.93. The van der Waals surface area contributed by atoms with Gasteiger partial charge in [-0.3, -0.25) is 4.79 Å². The van der Waals surface area contributed by atoms with Gasteiger partial charge < -0.3 is 24.8 Å². The fraction of sp³-hybridized carbons (Fsp3) is 0.800. The van der Waals surface area contributed by atoms with Gasteiger partial charge in [0.05, 0.1) is 26.4 Å². The zero-order chi connectivity index (χ0) is 16.5. The Balaban J connectivity index is -0.000000326. The molecule has 0 amide bonds. The molecule has 0 spiro atoms. The first-order valence-corrected chi connectivity index (χ1v) is 7.21. The molecule has 0 aromatic heterocycles. The molecule has 1 N–H and O–H groups in total. The zero-order valence-electron chi connectivity index (χ0n) is 14.8. The molecule has 7 heteroatoms. The van der Waals surface area contributed by atoms with Crippen LogP contribution in [0.3, 0.4) is 0 Å². The molecule has 0 rings (SSSR count). The van der Waals surface area contributed by atoms with Crippen molar-refractivity contribution in [2.45, 2.75) is 20.8 Å². The SMILES string of the molecule is CC(=O)C=C(C)[N-]CCN(C)C.CCOCCOCCO.[Zn+2]. The van der Waals surface area contributed by atoms with Crippen LogP contribution in [-0.4, -0.2) is 76.0 Å². The van der Waals surface area contributed by atoms with Crippen LogP contribution in [0.2, 0.25) is 0 Å². The largest absolute Gasteiger partial charge is 2.00 e. The third-order valence-corrected chi connectivity index (χ3v) is 2.13. The number of aliphatic hydroxyl groups excluding tert-OH is 1. The Morgan fingerprint density at radius 2 is 1.77 bits per heavy atom. The van der Waals surface area contributed by atoms with Gasteiger partial charge in [0.25, 0.3) is 0 Å². The van der Waals surface area contributed by atoms with Gasteiger partial charge in [-0.1, -0.05) is 6.92 Å². The van der Waals surface area contributed by atoms with E-state index in [9.17, 15) is 4.79 Å². The molecule has 0 fully saturated rings. The number of aliphatic hydroxyl groups is 1. The number of ether oxygens (including phenoxy) is 2. The first-order valence-electron chi connectivity index (χ1n) is 7.21. The maximum absolute atomic E-state index is 10.6. The predicted molar refractivity (Wildman–Crippen MR) is 85.6 cm³/mol. The van der Waals surface area contributed by atoms with Gasteiger partial charge in [0.15, 0.2) is 5.78 Å². The topological polar surface area (TPSA) is 73.1 Å². The summed E-state index contributed by atoms with van der Waals surface area (Å²) in [5.41, 5.74) is 0.810. The number of carbonyl (C=O) groups is 1. The number of hydrogen-bond donors (Lipinski definition) is 1. The Morgan fingerprint density at radius 1 is 1.18 bits per heavy atom. The number of allylic oxidation sites excluding steroid dienone is 2. The van der Waals surface area contributed by atoms with Crippen molar-refractivity contribution in [1.82, 2.24) is 4.90 Å². The van der Waals surface area contributed by atoms with Gasteiger partial charge in [-0.25, -0.2) is 0 Å². The van der Waals surface area contributed by atoms with Crippen molar-refractivity contribution in [3.63, 3.8) is 0 Å². The van der Waals surface area contributed by atoms with Crippen molar-refractivity contribution >= 4 is 5.78 Å². The minimum Gasteiger partial charge on any atom is -0.687 e. The average Bonchev–Trinajstić information content (AvgIpc) is 2.38. The fourth-order valence-corrected chi connectivity index (χ4v) is 1.19. The van der Waals surface area contributed by atoms with Crippen molar-refractivity contribution in [2.24, 2.45) is 0 Å². The Labute approximate surface area is 148 Å². The predicted octanol–water partition coefficient (Wildman–Crippen LogP) is 1.44. The molecular formula is C15H31N2O4Zn+. The molecule has 0 saturated heterocycles. The summed E-state index contributed by atoms with van der Waals surface area (Å²) in [5, 5.41) is 12.5. The van der Waals surface area contributed by atoms with Crippen LogP contribution in [-0.2, 0) is 33.7 Å². The zero-order valence-corrected chi connectivity index (χ0v) is 17.8. The van der Waals surface area contributed by atoms with Gasteiger partial charge in [-0.05, 0) is 40.6 Å².